The highest BCUT2D eigenvalue weighted by Crippen LogP contribution is 2.17. The summed E-state index contributed by atoms with van der Waals surface area (Å²) in [5, 5.41) is 2.82. The van der Waals surface area contributed by atoms with Crippen molar-refractivity contribution in [1.29, 1.82) is 0 Å². The van der Waals surface area contributed by atoms with E-state index in [2.05, 4.69) is 17.2 Å². The minimum Gasteiger partial charge on any atom is -0.350 e. The van der Waals surface area contributed by atoms with E-state index >= 15 is 0 Å². The molecule has 0 radical (unpaired) electrons. The van der Waals surface area contributed by atoms with Crippen LogP contribution in [-0.4, -0.2) is 41.3 Å². The molecule has 1 aromatic rings. The number of carbonyl (C=O) groups excluding carboxylic acids is 2. The molecule has 2 rings (SSSR count). The van der Waals surface area contributed by atoms with E-state index in [-0.39, 0.29) is 11.8 Å². The highest BCUT2D eigenvalue weighted by atomic mass is 16.2. The summed E-state index contributed by atoms with van der Waals surface area (Å²) in [5.74, 6) is 0.746. The maximum absolute atomic E-state index is 12.5. The Kier molecular flexibility index (Phi) is 5.52. The number of amides is 2. The summed E-state index contributed by atoms with van der Waals surface area (Å²) in [5.41, 5.74) is 0.656. The Morgan fingerprint density at radius 1 is 1.27 bits per heavy atom. The number of aromatic nitrogens is 1. The average molecular weight is 303 g/mol. The lowest BCUT2D eigenvalue weighted by atomic mass is 9.99. The first-order valence-electron chi connectivity index (χ1n) is 8.02. The maximum Gasteiger partial charge on any atom is 0.272 e. The van der Waals surface area contributed by atoms with Crippen LogP contribution in [0, 0.1) is 11.8 Å². The molecule has 22 heavy (non-hydrogen) atoms. The van der Waals surface area contributed by atoms with Gasteiger partial charge in [0.05, 0.1) is 0 Å². The number of piperidine rings is 1. The minimum atomic E-state index is -0.226. The van der Waals surface area contributed by atoms with Crippen LogP contribution in [0.5, 0.6) is 0 Å². The number of pyridine rings is 1. The molecule has 0 unspecified atom stereocenters. The Morgan fingerprint density at radius 3 is 2.55 bits per heavy atom. The molecular formula is C17H25N3O2. The van der Waals surface area contributed by atoms with Crippen LogP contribution >= 0.6 is 0 Å². The molecule has 1 aliphatic heterocycles. The lowest BCUT2D eigenvalue weighted by molar-refractivity contribution is 0.0691. The molecule has 0 aliphatic carbocycles. The Hall–Kier alpha value is -1.91. The summed E-state index contributed by atoms with van der Waals surface area (Å²) < 4.78 is 0. The van der Waals surface area contributed by atoms with Gasteiger partial charge in [0.15, 0.2) is 0 Å². The van der Waals surface area contributed by atoms with Crippen LogP contribution in [-0.2, 0) is 0 Å². The second-order valence-electron chi connectivity index (χ2n) is 6.49. The van der Waals surface area contributed by atoms with Crippen molar-refractivity contribution in [2.24, 2.45) is 11.8 Å². The van der Waals surface area contributed by atoms with E-state index in [1.807, 2.05) is 18.7 Å². The molecule has 1 N–H and O–H groups in total. The Labute approximate surface area is 132 Å². The van der Waals surface area contributed by atoms with E-state index in [4.69, 9.17) is 0 Å². The predicted molar refractivity (Wildman–Crippen MR) is 85.7 cm³/mol. The summed E-state index contributed by atoms with van der Waals surface area (Å²) >= 11 is 0. The molecule has 2 amide bonds. The van der Waals surface area contributed by atoms with Gasteiger partial charge in [-0.25, -0.2) is 4.98 Å². The van der Waals surface area contributed by atoms with Crippen molar-refractivity contribution in [2.45, 2.75) is 33.6 Å². The zero-order valence-electron chi connectivity index (χ0n) is 13.6. The van der Waals surface area contributed by atoms with Crippen LogP contribution in [0.1, 0.15) is 54.6 Å². The summed E-state index contributed by atoms with van der Waals surface area (Å²) in [6.07, 6.45) is 2.06. The van der Waals surface area contributed by atoms with E-state index in [1.165, 1.54) is 0 Å². The molecule has 0 spiro atoms. The first-order valence-corrected chi connectivity index (χ1v) is 8.02. The number of hydrogen-bond donors (Lipinski definition) is 1. The van der Waals surface area contributed by atoms with Crippen LogP contribution < -0.4 is 5.32 Å². The fourth-order valence-corrected chi connectivity index (χ4v) is 2.44. The molecule has 0 bridgehead atoms. The van der Waals surface area contributed by atoms with Crippen LogP contribution in [0.15, 0.2) is 18.2 Å². The molecule has 1 aliphatic rings. The fourth-order valence-electron chi connectivity index (χ4n) is 2.44. The molecule has 1 fully saturated rings. The van der Waals surface area contributed by atoms with E-state index in [9.17, 15) is 9.59 Å². The van der Waals surface area contributed by atoms with Gasteiger partial charge in [-0.1, -0.05) is 26.8 Å². The molecule has 5 nitrogen and oxygen atoms in total. The predicted octanol–water partition coefficient (Wildman–Crippen LogP) is 2.34. The van der Waals surface area contributed by atoms with Gasteiger partial charge >= 0.3 is 0 Å². The molecule has 120 valence electrons. The third-order valence-electron chi connectivity index (χ3n) is 3.94. The van der Waals surface area contributed by atoms with Gasteiger partial charge in [0, 0.05) is 19.6 Å². The van der Waals surface area contributed by atoms with E-state index < -0.39 is 0 Å². The molecule has 0 aromatic carbocycles. The van der Waals surface area contributed by atoms with Crippen LogP contribution in [0.25, 0.3) is 0 Å². The summed E-state index contributed by atoms with van der Waals surface area (Å²) in [7, 11) is 0. The SMILES string of the molecule is CC(C)CNC(=O)c1cccc(C(=O)N2CCC(C)CC2)n1. The van der Waals surface area contributed by atoms with Crippen molar-refractivity contribution in [2.75, 3.05) is 19.6 Å². The first-order chi connectivity index (χ1) is 10.5. The smallest absolute Gasteiger partial charge is 0.272 e. The monoisotopic (exact) mass is 303 g/mol. The van der Waals surface area contributed by atoms with Crippen molar-refractivity contribution < 1.29 is 9.59 Å². The minimum absolute atomic E-state index is 0.0783. The number of nitrogens with one attached hydrogen (secondary N) is 1. The number of hydrogen-bond acceptors (Lipinski definition) is 3. The fraction of sp³-hybridized carbons (Fsp3) is 0.588. The summed E-state index contributed by atoms with van der Waals surface area (Å²) in [6.45, 7) is 8.41. The zero-order valence-corrected chi connectivity index (χ0v) is 13.6. The van der Waals surface area contributed by atoms with E-state index in [0.717, 1.165) is 25.9 Å². The van der Waals surface area contributed by atoms with Gasteiger partial charge in [-0.15, -0.1) is 0 Å². The number of carbonyl (C=O) groups is 2. The third kappa shape index (κ3) is 4.29. The number of rotatable bonds is 4. The van der Waals surface area contributed by atoms with Crippen molar-refractivity contribution >= 4 is 11.8 Å². The zero-order chi connectivity index (χ0) is 16.1. The molecule has 0 atom stereocenters. The molecule has 1 aromatic heterocycles. The van der Waals surface area contributed by atoms with Gasteiger partial charge in [-0.2, -0.15) is 0 Å². The molecule has 1 saturated heterocycles. The van der Waals surface area contributed by atoms with Crippen LogP contribution in [0.2, 0.25) is 0 Å². The van der Waals surface area contributed by atoms with Gasteiger partial charge in [0.1, 0.15) is 11.4 Å². The Bertz CT molecular complexity index is 534. The Morgan fingerprint density at radius 2 is 1.91 bits per heavy atom. The van der Waals surface area contributed by atoms with Crippen molar-refractivity contribution in [3.8, 4) is 0 Å². The maximum atomic E-state index is 12.5. The van der Waals surface area contributed by atoms with Crippen molar-refractivity contribution in [3.63, 3.8) is 0 Å². The normalized spacial score (nSPS) is 15.9. The van der Waals surface area contributed by atoms with E-state index in [1.54, 1.807) is 18.2 Å². The first kappa shape index (κ1) is 16.5. The van der Waals surface area contributed by atoms with Gasteiger partial charge in [-0.05, 0) is 36.8 Å². The summed E-state index contributed by atoms with van der Waals surface area (Å²) in [6, 6.07) is 5.04. The molecule has 5 heteroatoms. The van der Waals surface area contributed by atoms with Gasteiger partial charge in [0.25, 0.3) is 11.8 Å². The molecule has 2 heterocycles. The standard InChI is InChI=1S/C17H25N3O2/c1-12(2)11-18-16(21)14-5-4-6-15(19-14)17(22)20-9-7-13(3)8-10-20/h4-6,12-13H,7-11H2,1-3H3,(H,18,21). The molecule has 0 saturated carbocycles. The van der Waals surface area contributed by atoms with Crippen LogP contribution in [0.3, 0.4) is 0 Å². The lowest BCUT2D eigenvalue weighted by Gasteiger charge is -2.30. The summed E-state index contributed by atoms with van der Waals surface area (Å²) in [4.78, 5) is 30.6. The second-order valence-corrected chi connectivity index (χ2v) is 6.49. The van der Waals surface area contributed by atoms with E-state index in [0.29, 0.717) is 29.8 Å². The van der Waals surface area contributed by atoms with Crippen molar-refractivity contribution in [1.82, 2.24) is 15.2 Å². The topological polar surface area (TPSA) is 62.3 Å². The number of likely N-dealkylation sites (tertiary alicyclic amines) is 1. The highest BCUT2D eigenvalue weighted by Gasteiger charge is 2.22. The van der Waals surface area contributed by atoms with Crippen LogP contribution in [0.4, 0.5) is 0 Å². The highest BCUT2D eigenvalue weighted by molar-refractivity contribution is 5.96. The quantitative estimate of drug-likeness (QED) is 0.928. The largest absolute Gasteiger partial charge is 0.350 e. The average Bonchev–Trinajstić information content (AvgIpc) is 2.52. The van der Waals surface area contributed by atoms with Gasteiger partial charge in [0.2, 0.25) is 0 Å². The number of nitrogens with zero attached hydrogens (tertiary/aromatic N) is 2. The molecular weight excluding hydrogens is 278 g/mol. The lowest BCUT2D eigenvalue weighted by Crippen LogP contribution is -2.38. The second kappa shape index (κ2) is 7.38. The third-order valence-corrected chi connectivity index (χ3v) is 3.94. The van der Waals surface area contributed by atoms with Gasteiger partial charge in [-0.3, -0.25) is 9.59 Å². The Balaban J connectivity index is 2.04. The van der Waals surface area contributed by atoms with Crippen molar-refractivity contribution in [3.05, 3.63) is 29.6 Å². The van der Waals surface area contributed by atoms with Gasteiger partial charge < -0.3 is 10.2 Å².